The van der Waals surface area contributed by atoms with Gasteiger partial charge in [-0.25, -0.2) is 4.39 Å². The van der Waals surface area contributed by atoms with Crippen LogP contribution >= 0.6 is 0 Å². The number of para-hydroxylation sites is 1. The van der Waals surface area contributed by atoms with Crippen molar-refractivity contribution in [3.8, 4) is 0 Å². The zero-order valence-corrected chi connectivity index (χ0v) is 10.1. The Kier molecular flexibility index (Phi) is 3.78. The molecule has 98 valence electrons. The van der Waals surface area contributed by atoms with Crippen molar-refractivity contribution < 1.29 is 13.9 Å². The molecular formula is C12H16FN3O2. The maximum absolute atomic E-state index is 13.5. The highest BCUT2D eigenvalue weighted by atomic mass is 19.1. The van der Waals surface area contributed by atoms with Crippen molar-refractivity contribution >= 4 is 11.6 Å². The van der Waals surface area contributed by atoms with Gasteiger partial charge in [0.25, 0.3) is 5.91 Å². The third-order valence-corrected chi connectivity index (χ3v) is 2.92. The fourth-order valence-corrected chi connectivity index (χ4v) is 2.02. The average Bonchev–Trinajstić information content (AvgIpc) is 2.37. The van der Waals surface area contributed by atoms with E-state index in [1.165, 1.54) is 12.1 Å². The number of nitrogen functional groups attached to an aromatic ring is 1. The molecule has 1 fully saturated rings. The van der Waals surface area contributed by atoms with Gasteiger partial charge in [0.05, 0.1) is 24.0 Å². The highest BCUT2D eigenvalue weighted by molar-refractivity contribution is 5.99. The summed E-state index contributed by atoms with van der Waals surface area (Å²) in [6, 6.07) is 4.31. The number of carbonyl (C=O) groups excluding carboxylic acids is 1. The number of morpholine rings is 1. The highest BCUT2D eigenvalue weighted by Crippen LogP contribution is 2.21. The monoisotopic (exact) mass is 253 g/mol. The maximum atomic E-state index is 13.5. The summed E-state index contributed by atoms with van der Waals surface area (Å²) in [6.07, 6.45) is -0.00875. The van der Waals surface area contributed by atoms with Crippen molar-refractivity contribution in [2.75, 3.05) is 25.1 Å². The zero-order valence-electron chi connectivity index (χ0n) is 10.1. The number of halogens is 1. The minimum absolute atomic E-state index is 0.00875. The molecule has 1 aromatic carbocycles. The van der Waals surface area contributed by atoms with Crippen LogP contribution in [-0.2, 0) is 4.74 Å². The minimum Gasteiger partial charge on any atom is -0.375 e. The Balaban J connectivity index is 2.25. The van der Waals surface area contributed by atoms with Gasteiger partial charge in [-0.1, -0.05) is 6.07 Å². The summed E-state index contributed by atoms with van der Waals surface area (Å²) in [7, 11) is 0. The molecule has 1 atom stereocenters. The van der Waals surface area contributed by atoms with Crippen molar-refractivity contribution in [2.45, 2.75) is 13.0 Å². The van der Waals surface area contributed by atoms with Crippen molar-refractivity contribution in [2.24, 2.45) is 5.84 Å². The second-order valence-corrected chi connectivity index (χ2v) is 4.24. The van der Waals surface area contributed by atoms with Gasteiger partial charge in [0.15, 0.2) is 0 Å². The largest absolute Gasteiger partial charge is 0.375 e. The summed E-state index contributed by atoms with van der Waals surface area (Å²) < 4.78 is 18.9. The van der Waals surface area contributed by atoms with E-state index in [9.17, 15) is 9.18 Å². The standard InChI is InChI=1S/C12H16FN3O2/c1-8-7-16(5-6-18-8)12(17)9-3-2-4-10(13)11(9)15-14/h2-4,8,15H,5-7,14H2,1H3. The number of benzene rings is 1. The van der Waals surface area contributed by atoms with Gasteiger partial charge in [0.2, 0.25) is 0 Å². The lowest BCUT2D eigenvalue weighted by Gasteiger charge is -2.31. The molecule has 1 heterocycles. The Morgan fingerprint density at radius 1 is 1.61 bits per heavy atom. The molecule has 0 saturated carbocycles. The first-order valence-corrected chi connectivity index (χ1v) is 5.79. The van der Waals surface area contributed by atoms with Gasteiger partial charge < -0.3 is 15.1 Å². The normalized spacial score (nSPS) is 19.7. The van der Waals surface area contributed by atoms with E-state index < -0.39 is 5.82 Å². The molecule has 1 amide bonds. The molecule has 0 radical (unpaired) electrons. The van der Waals surface area contributed by atoms with Crippen LogP contribution in [0, 0.1) is 5.82 Å². The van der Waals surface area contributed by atoms with Gasteiger partial charge in [0.1, 0.15) is 5.82 Å². The molecule has 18 heavy (non-hydrogen) atoms. The fourth-order valence-electron chi connectivity index (χ4n) is 2.02. The Bertz CT molecular complexity index is 453. The smallest absolute Gasteiger partial charge is 0.256 e. The van der Waals surface area contributed by atoms with E-state index in [2.05, 4.69) is 5.43 Å². The lowest BCUT2D eigenvalue weighted by molar-refractivity contribution is -0.0123. The lowest BCUT2D eigenvalue weighted by atomic mass is 10.1. The molecule has 0 aliphatic carbocycles. The van der Waals surface area contributed by atoms with Gasteiger partial charge in [-0.05, 0) is 19.1 Å². The van der Waals surface area contributed by atoms with Gasteiger partial charge in [-0.2, -0.15) is 0 Å². The number of amides is 1. The fraction of sp³-hybridized carbons (Fsp3) is 0.417. The molecule has 0 spiro atoms. The van der Waals surface area contributed by atoms with Crippen molar-refractivity contribution in [3.63, 3.8) is 0 Å². The van der Waals surface area contributed by atoms with E-state index in [0.717, 1.165) is 0 Å². The highest BCUT2D eigenvalue weighted by Gasteiger charge is 2.25. The summed E-state index contributed by atoms with van der Waals surface area (Å²) in [5.74, 6) is 4.48. The molecule has 1 aliphatic heterocycles. The van der Waals surface area contributed by atoms with Gasteiger partial charge in [-0.15, -0.1) is 0 Å². The lowest BCUT2D eigenvalue weighted by Crippen LogP contribution is -2.44. The number of nitrogens with zero attached hydrogens (tertiary/aromatic N) is 1. The molecule has 6 heteroatoms. The number of nitrogens with one attached hydrogen (secondary N) is 1. The first-order valence-electron chi connectivity index (χ1n) is 5.79. The summed E-state index contributed by atoms with van der Waals surface area (Å²) in [5, 5.41) is 0. The van der Waals surface area contributed by atoms with Crippen LogP contribution in [0.5, 0.6) is 0 Å². The topological polar surface area (TPSA) is 67.6 Å². The second kappa shape index (κ2) is 5.32. The molecule has 3 N–H and O–H groups in total. The predicted molar refractivity (Wildman–Crippen MR) is 65.5 cm³/mol. The van der Waals surface area contributed by atoms with E-state index in [4.69, 9.17) is 10.6 Å². The summed E-state index contributed by atoms with van der Waals surface area (Å²) in [4.78, 5) is 13.9. The van der Waals surface area contributed by atoms with Crippen LogP contribution in [0.15, 0.2) is 18.2 Å². The number of nitrogens with two attached hydrogens (primary N) is 1. The molecule has 2 rings (SSSR count). The van der Waals surface area contributed by atoms with E-state index >= 15 is 0 Å². The number of anilines is 1. The number of ether oxygens (including phenoxy) is 1. The first kappa shape index (κ1) is 12.8. The Labute approximate surface area is 105 Å². The molecule has 0 bridgehead atoms. The van der Waals surface area contributed by atoms with Crippen LogP contribution in [0.2, 0.25) is 0 Å². The average molecular weight is 253 g/mol. The van der Waals surface area contributed by atoms with Crippen molar-refractivity contribution in [1.29, 1.82) is 0 Å². The Morgan fingerprint density at radius 3 is 3.06 bits per heavy atom. The van der Waals surface area contributed by atoms with Crippen molar-refractivity contribution in [1.82, 2.24) is 4.90 Å². The van der Waals surface area contributed by atoms with Crippen molar-refractivity contribution in [3.05, 3.63) is 29.6 Å². The first-order chi connectivity index (χ1) is 8.63. The van der Waals surface area contributed by atoms with Crippen LogP contribution in [0.4, 0.5) is 10.1 Å². The molecule has 1 aliphatic rings. The predicted octanol–water partition coefficient (Wildman–Crippen LogP) is 0.972. The number of carbonyl (C=O) groups is 1. The molecule has 1 aromatic rings. The van der Waals surface area contributed by atoms with Crippen LogP contribution in [0.1, 0.15) is 17.3 Å². The van der Waals surface area contributed by atoms with E-state index in [0.29, 0.717) is 19.7 Å². The zero-order chi connectivity index (χ0) is 13.1. The van der Waals surface area contributed by atoms with Gasteiger partial charge in [-0.3, -0.25) is 10.6 Å². The van der Waals surface area contributed by atoms with Crippen LogP contribution in [0.25, 0.3) is 0 Å². The Morgan fingerprint density at radius 2 is 2.39 bits per heavy atom. The van der Waals surface area contributed by atoms with Crippen LogP contribution < -0.4 is 11.3 Å². The number of rotatable bonds is 2. The Hall–Kier alpha value is -1.66. The number of hydrazine groups is 1. The third-order valence-electron chi connectivity index (χ3n) is 2.92. The third kappa shape index (κ3) is 2.44. The SMILES string of the molecule is CC1CN(C(=O)c2cccc(F)c2NN)CCO1. The molecule has 1 saturated heterocycles. The molecular weight excluding hydrogens is 237 g/mol. The summed E-state index contributed by atoms with van der Waals surface area (Å²) in [6.45, 7) is 3.39. The second-order valence-electron chi connectivity index (χ2n) is 4.24. The summed E-state index contributed by atoms with van der Waals surface area (Å²) in [5.41, 5.74) is 2.51. The van der Waals surface area contributed by atoms with Crippen LogP contribution in [0.3, 0.4) is 0 Å². The van der Waals surface area contributed by atoms with Gasteiger partial charge >= 0.3 is 0 Å². The van der Waals surface area contributed by atoms with Gasteiger partial charge in [0, 0.05) is 13.1 Å². The number of hydrogen-bond donors (Lipinski definition) is 2. The maximum Gasteiger partial charge on any atom is 0.256 e. The molecule has 0 aromatic heterocycles. The van der Waals surface area contributed by atoms with E-state index in [1.807, 2.05) is 6.92 Å². The molecule has 5 nitrogen and oxygen atoms in total. The molecule has 1 unspecified atom stereocenters. The van der Waals surface area contributed by atoms with Crippen LogP contribution in [-0.4, -0.2) is 36.6 Å². The summed E-state index contributed by atoms with van der Waals surface area (Å²) >= 11 is 0. The quantitative estimate of drug-likeness (QED) is 0.609. The minimum atomic E-state index is -0.537. The van der Waals surface area contributed by atoms with E-state index in [1.54, 1.807) is 11.0 Å². The van der Waals surface area contributed by atoms with E-state index in [-0.39, 0.29) is 23.3 Å². The number of hydrogen-bond acceptors (Lipinski definition) is 4.